The van der Waals surface area contributed by atoms with Crippen molar-refractivity contribution < 1.29 is 19.1 Å². The van der Waals surface area contributed by atoms with Crippen molar-refractivity contribution in [3.8, 4) is 18.1 Å². The van der Waals surface area contributed by atoms with Gasteiger partial charge in [0.15, 0.2) is 6.61 Å². The van der Waals surface area contributed by atoms with Crippen LogP contribution in [0.15, 0.2) is 42.5 Å². The number of amides is 1. The Morgan fingerprint density at radius 3 is 2.47 bits per heavy atom. The zero-order valence-corrected chi connectivity index (χ0v) is 17.3. The monoisotopic (exact) mass is 409 g/mol. The highest BCUT2D eigenvalue weighted by molar-refractivity contribution is 6.32. The summed E-state index contributed by atoms with van der Waals surface area (Å²) in [5.74, 6) is 1.09. The molecule has 0 heterocycles. The van der Waals surface area contributed by atoms with Gasteiger partial charge in [0.05, 0.1) is 12.3 Å². The third kappa shape index (κ3) is 7.76. The molecule has 2 rings (SSSR count). The standard InChI is InChI=1S/C23H27N3O4/c1-4-14-30-23(28)22(27)26-25-20-10-8-19(9-11-20)24-13-5-6-15-29-21-12-7-17(2)16-18(21)3/h1,7-12,16,24-25H,5-6,13-15H2,2-3H3,(H,26,27). The van der Waals surface area contributed by atoms with Crippen molar-refractivity contribution in [1.29, 1.82) is 0 Å². The van der Waals surface area contributed by atoms with Crippen molar-refractivity contribution in [1.82, 2.24) is 5.43 Å². The van der Waals surface area contributed by atoms with E-state index in [-0.39, 0.29) is 6.61 Å². The molecular formula is C23H27N3O4. The highest BCUT2D eigenvalue weighted by Crippen LogP contribution is 2.19. The summed E-state index contributed by atoms with van der Waals surface area (Å²) >= 11 is 0. The molecule has 3 N–H and O–H groups in total. The van der Waals surface area contributed by atoms with Gasteiger partial charge in [0.25, 0.3) is 0 Å². The highest BCUT2D eigenvalue weighted by atomic mass is 16.5. The van der Waals surface area contributed by atoms with E-state index in [2.05, 4.69) is 52.8 Å². The molecule has 0 aliphatic rings. The molecular weight excluding hydrogens is 382 g/mol. The zero-order valence-electron chi connectivity index (χ0n) is 17.3. The molecule has 158 valence electrons. The molecule has 0 aliphatic carbocycles. The molecule has 0 fully saturated rings. The fraction of sp³-hybridized carbons (Fsp3) is 0.304. The zero-order chi connectivity index (χ0) is 21.8. The van der Waals surface area contributed by atoms with E-state index in [1.807, 2.05) is 18.2 Å². The van der Waals surface area contributed by atoms with Gasteiger partial charge < -0.3 is 14.8 Å². The summed E-state index contributed by atoms with van der Waals surface area (Å²) in [7, 11) is 0. The molecule has 0 unspecified atom stereocenters. The molecule has 0 spiro atoms. The second-order valence-corrected chi connectivity index (χ2v) is 6.69. The summed E-state index contributed by atoms with van der Waals surface area (Å²) in [6.07, 6.45) is 6.88. The quantitative estimate of drug-likeness (QED) is 0.184. The van der Waals surface area contributed by atoms with Crippen LogP contribution in [0.5, 0.6) is 5.75 Å². The highest BCUT2D eigenvalue weighted by Gasteiger charge is 2.14. The fourth-order valence-corrected chi connectivity index (χ4v) is 2.63. The van der Waals surface area contributed by atoms with Crippen molar-refractivity contribution in [2.24, 2.45) is 0 Å². The summed E-state index contributed by atoms with van der Waals surface area (Å²) in [5.41, 5.74) is 8.85. The number of hydrogen-bond donors (Lipinski definition) is 3. The minimum atomic E-state index is -1.04. The smallest absolute Gasteiger partial charge is 0.399 e. The molecule has 0 saturated heterocycles. The molecule has 7 nitrogen and oxygen atoms in total. The summed E-state index contributed by atoms with van der Waals surface area (Å²) in [6, 6.07) is 13.5. The van der Waals surface area contributed by atoms with Gasteiger partial charge in [0.2, 0.25) is 0 Å². The summed E-state index contributed by atoms with van der Waals surface area (Å²) in [5, 5.41) is 3.33. The van der Waals surface area contributed by atoms with E-state index in [0.29, 0.717) is 12.3 Å². The lowest BCUT2D eigenvalue weighted by atomic mass is 10.1. The molecule has 0 aliphatic heterocycles. The number of hydrazine groups is 1. The Balaban J connectivity index is 1.62. The third-order valence-electron chi connectivity index (χ3n) is 4.17. The Morgan fingerprint density at radius 1 is 1.03 bits per heavy atom. The van der Waals surface area contributed by atoms with Gasteiger partial charge >= 0.3 is 11.9 Å². The molecule has 0 radical (unpaired) electrons. The van der Waals surface area contributed by atoms with Crippen LogP contribution in [-0.4, -0.2) is 31.6 Å². The number of carbonyl (C=O) groups is 2. The van der Waals surface area contributed by atoms with E-state index in [9.17, 15) is 9.59 Å². The molecule has 2 aromatic carbocycles. The first-order chi connectivity index (χ1) is 14.5. The Labute approximate surface area is 177 Å². The number of ether oxygens (including phenoxy) is 2. The number of terminal acetylenes is 1. The van der Waals surface area contributed by atoms with Crippen LogP contribution >= 0.6 is 0 Å². The molecule has 0 saturated carbocycles. The molecule has 2 aromatic rings. The number of esters is 1. The number of unbranched alkanes of at least 4 members (excludes halogenated alkanes) is 1. The van der Waals surface area contributed by atoms with E-state index < -0.39 is 11.9 Å². The SMILES string of the molecule is C#CCOC(=O)C(=O)NNc1ccc(NCCCCOc2ccc(C)cc2C)cc1. The van der Waals surface area contributed by atoms with E-state index in [4.69, 9.17) is 11.2 Å². The molecule has 0 atom stereocenters. The average Bonchev–Trinajstić information content (AvgIpc) is 2.74. The van der Waals surface area contributed by atoms with Gasteiger partial charge in [-0.15, -0.1) is 6.42 Å². The van der Waals surface area contributed by atoms with Gasteiger partial charge in [-0.2, -0.15) is 0 Å². The minimum Gasteiger partial charge on any atom is -0.493 e. The van der Waals surface area contributed by atoms with Crippen LogP contribution in [0.1, 0.15) is 24.0 Å². The minimum absolute atomic E-state index is 0.246. The van der Waals surface area contributed by atoms with Gasteiger partial charge in [-0.05, 0) is 62.6 Å². The Bertz CT molecular complexity index is 888. The van der Waals surface area contributed by atoms with Gasteiger partial charge in [-0.25, -0.2) is 4.79 Å². The molecule has 0 bridgehead atoms. The maximum Gasteiger partial charge on any atom is 0.399 e. The Hall–Kier alpha value is -3.66. The number of aryl methyl sites for hydroxylation is 2. The van der Waals surface area contributed by atoms with E-state index in [1.165, 1.54) is 5.56 Å². The largest absolute Gasteiger partial charge is 0.493 e. The van der Waals surface area contributed by atoms with E-state index in [0.717, 1.165) is 36.4 Å². The number of anilines is 2. The van der Waals surface area contributed by atoms with Gasteiger partial charge in [0.1, 0.15) is 5.75 Å². The first-order valence-electron chi connectivity index (χ1n) is 9.70. The molecule has 1 amide bonds. The number of rotatable bonds is 10. The van der Waals surface area contributed by atoms with Crippen LogP contribution in [0.25, 0.3) is 0 Å². The Morgan fingerprint density at radius 2 is 1.77 bits per heavy atom. The second-order valence-electron chi connectivity index (χ2n) is 6.69. The van der Waals surface area contributed by atoms with Crippen LogP contribution in [0.2, 0.25) is 0 Å². The van der Waals surface area contributed by atoms with Crippen molar-refractivity contribution in [2.45, 2.75) is 26.7 Å². The van der Waals surface area contributed by atoms with Crippen molar-refractivity contribution >= 4 is 23.3 Å². The second kappa shape index (κ2) is 12.0. The normalized spacial score (nSPS) is 9.90. The number of benzene rings is 2. The predicted octanol–water partition coefficient (Wildman–Crippen LogP) is 3.19. The van der Waals surface area contributed by atoms with Crippen LogP contribution in [-0.2, 0) is 14.3 Å². The lowest BCUT2D eigenvalue weighted by Gasteiger charge is -2.11. The first kappa shape index (κ1) is 22.6. The van der Waals surface area contributed by atoms with Crippen molar-refractivity contribution in [3.63, 3.8) is 0 Å². The maximum atomic E-state index is 11.5. The van der Waals surface area contributed by atoms with E-state index in [1.54, 1.807) is 12.1 Å². The summed E-state index contributed by atoms with van der Waals surface area (Å²) < 4.78 is 10.4. The van der Waals surface area contributed by atoms with Crippen LogP contribution < -0.4 is 20.9 Å². The fourth-order valence-electron chi connectivity index (χ4n) is 2.63. The topological polar surface area (TPSA) is 88.7 Å². The molecule has 30 heavy (non-hydrogen) atoms. The third-order valence-corrected chi connectivity index (χ3v) is 4.17. The number of carbonyl (C=O) groups excluding carboxylic acids is 2. The van der Waals surface area contributed by atoms with Gasteiger partial charge in [-0.3, -0.25) is 15.6 Å². The van der Waals surface area contributed by atoms with Crippen LogP contribution in [0.3, 0.4) is 0 Å². The molecule has 0 aromatic heterocycles. The number of hydrogen-bond acceptors (Lipinski definition) is 6. The van der Waals surface area contributed by atoms with Crippen molar-refractivity contribution in [2.75, 3.05) is 30.5 Å². The van der Waals surface area contributed by atoms with Crippen molar-refractivity contribution in [3.05, 3.63) is 53.6 Å². The average molecular weight is 409 g/mol. The van der Waals surface area contributed by atoms with Crippen LogP contribution in [0, 0.1) is 26.2 Å². The summed E-state index contributed by atoms with van der Waals surface area (Å²) in [6.45, 7) is 5.38. The summed E-state index contributed by atoms with van der Waals surface area (Å²) in [4.78, 5) is 22.8. The van der Waals surface area contributed by atoms with E-state index >= 15 is 0 Å². The van der Waals surface area contributed by atoms with Gasteiger partial charge in [-0.1, -0.05) is 23.6 Å². The van der Waals surface area contributed by atoms with Gasteiger partial charge in [0, 0.05) is 12.2 Å². The lowest BCUT2D eigenvalue weighted by Crippen LogP contribution is -2.36. The predicted molar refractivity (Wildman–Crippen MR) is 117 cm³/mol. The molecule has 7 heteroatoms. The number of nitrogens with one attached hydrogen (secondary N) is 3. The lowest BCUT2D eigenvalue weighted by molar-refractivity contribution is -0.153. The first-order valence-corrected chi connectivity index (χ1v) is 9.70. The Kier molecular flexibility index (Phi) is 9.07. The maximum absolute atomic E-state index is 11.5. The van der Waals surface area contributed by atoms with Crippen LogP contribution in [0.4, 0.5) is 11.4 Å².